The van der Waals surface area contributed by atoms with Crippen molar-refractivity contribution in [2.45, 2.75) is 5.92 Å². The Kier molecular flexibility index (Phi) is 3.66. The van der Waals surface area contributed by atoms with Gasteiger partial charge < -0.3 is 4.74 Å². The Morgan fingerprint density at radius 2 is 1.61 bits per heavy atom. The molecule has 1 nitrogen and oxygen atoms in total. The number of hydrogen-bond donors (Lipinski definition) is 0. The SMILES string of the molecule is COc1ccccc1C(F)(F)c1ccc(Br)cc1. The lowest BCUT2D eigenvalue weighted by Gasteiger charge is -2.19. The summed E-state index contributed by atoms with van der Waals surface area (Å²) in [6.07, 6.45) is 0. The largest absolute Gasteiger partial charge is 0.496 e. The van der Waals surface area contributed by atoms with E-state index in [0.717, 1.165) is 4.47 Å². The molecule has 4 heteroatoms. The average molecular weight is 313 g/mol. The van der Waals surface area contributed by atoms with Crippen molar-refractivity contribution >= 4 is 15.9 Å². The van der Waals surface area contributed by atoms with Crippen molar-refractivity contribution in [2.24, 2.45) is 0 Å². The van der Waals surface area contributed by atoms with Crippen LogP contribution in [0.5, 0.6) is 5.75 Å². The molecule has 0 amide bonds. The second kappa shape index (κ2) is 5.06. The normalized spacial score (nSPS) is 11.3. The van der Waals surface area contributed by atoms with Gasteiger partial charge in [-0.05, 0) is 24.3 Å². The molecule has 0 aromatic heterocycles. The number of ether oxygens (including phenoxy) is 1. The van der Waals surface area contributed by atoms with Crippen LogP contribution in [0.15, 0.2) is 53.0 Å². The van der Waals surface area contributed by atoms with E-state index in [2.05, 4.69) is 15.9 Å². The highest BCUT2D eigenvalue weighted by Gasteiger charge is 2.36. The third kappa shape index (κ3) is 2.38. The lowest BCUT2D eigenvalue weighted by molar-refractivity contribution is 0.0401. The summed E-state index contributed by atoms with van der Waals surface area (Å²) in [6.45, 7) is 0. The summed E-state index contributed by atoms with van der Waals surface area (Å²) in [5.74, 6) is -2.89. The first-order chi connectivity index (χ1) is 8.55. The summed E-state index contributed by atoms with van der Waals surface area (Å²) in [7, 11) is 1.39. The molecule has 0 atom stereocenters. The highest BCUT2D eigenvalue weighted by atomic mass is 79.9. The van der Waals surface area contributed by atoms with Crippen molar-refractivity contribution in [3.05, 3.63) is 64.1 Å². The fraction of sp³-hybridized carbons (Fsp3) is 0.143. The van der Waals surface area contributed by atoms with Gasteiger partial charge in [0.2, 0.25) is 0 Å². The van der Waals surface area contributed by atoms with Crippen LogP contribution in [0.2, 0.25) is 0 Å². The fourth-order valence-electron chi connectivity index (χ4n) is 1.72. The minimum absolute atomic E-state index is 0.0600. The molecule has 2 rings (SSSR count). The van der Waals surface area contributed by atoms with Crippen LogP contribution < -0.4 is 4.74 Å². The van der Waals surface area contributed by atoms with Crippen LogP contribution in [-0.2, 0) is 5.92 Å². The fourth-order valence-corrected chi connectivity index (χ4v) is 1.98. The number of rotatable bonds is 3. The maximum absolute atomic E-state index is 14.4. The van der Waals surface area contributed by atoms with Gasteiger partial charge in [-0.1, -0.05) is 40.2 Å². The molecule has 0 saturated carbocycles. The number of benzene rings is 2. The van der Waals surface area contributed by atoms with Gasteiger partial charge in [0.25, 0.3) is 0 Å². The summed E-state index contributed by atoms with van der Waals surface area (Å²) < 4.78 is 34.5. The minimum atomic E-state index is -3.08. The molecule has 94 valence electrons. The van der Waals surface area contributed by atoms with E-state index in [4.69, 9.17) is 4.74 Å². The first-order valence-corrected chi connectivity index (χ1v) is 6.12. The molecule has 0 radical (unpaired) electrons. The molecule has 0 aliphatic carbocycles. The van der Waals surface area contributed by atoms with Gasteiger partial charge in [-0.3, -0.25) is 0 Å². The highest BCUT2D eigenvalue weighted by molar-refractivity contribution is 9.10. The van der Waals surface area contributed by atoms with Crippen molar-refractivity contribution in [2.75, 3.05) is 7.11 Å². The molecule has 2 aromatic rings. The van der Waals surface area contributed by atoms with Gasteiger partial charge in [-0.15, -0.1) is 0 Å². The van der Waals surface area contributed by atoms with Crippen molar-refractivity contribution < 1.29 is 13.5 Å². The Balaban J connectivity index is 2.50. The van der Waals surface area contributed by atoms with Crippen molar-refractivity contribution in [1.82, 2.24) is 0 Å². The zero-order valence-corrected chi connectivity index (χ0v) is 11.2. The molecule has 0 fully saturated rings. The van der Waals surface area contributed by atoms with Crippen LogP contribution >= 0.6 is 15.9 Å². The first kappa shape index (κ1) is 13.0. The zero-order chi connectivity index (χ0) is 13.2. The number of para-hydroxylation sites is 1. The summed E-state index contributed by atoms with van der Waals surface area (Å²) in [6, 6.07) is 12.1. The number of hydrogen-bond acceptors (Lipinski definition) is 1. The first-order valence-electron chi connectivity index (χ1n) is 5.33. The van der Waals surface area contributed by atoms with E-state index in [1.807, 2.05) is 0 Å². The topological polar surface area (TPSA) is 9.23 Å². The predicted molar refractivity (Wildman–Crippen MR) is 70.1 cm³/mol. The number of methoxy groups -OCH3 is 1. The van der Waals surface area contributed by atoms with E-state index in [0.29, 0.717) is 0 Å². The molecule has 0 heterocycles. The maximum Gasteiger partial charge on any atom is 0.302 e. The third-order valence-electron chi connectivity index (χ3n) is 2.65. The van der Waals surface area contributed by atoms with E-state index in [1.54, 1.807) is 24.3 Å². The Morgan fingerprint density at radius 3 is 2.22 bits per heavy atom. The van der Waals surface area contributed by atoms with Gasteiger partial charge >= 0.3 is 5.92 Å². The van der Waals surface area contributed by atoms with Gasteiger partial charge in [-0.2, -0.15) is 8.78 Å². The molecular formula is C14H11BrF2O. The van der Waals surface area contributed by atoms with Gasteiger partial charge in [-0.25, -0.2) is 0 Å². The molecule has 2 aromatic carbocycles. The Morgan fingerprint density at radius 1 is 1.00 bits per heavy atom. The second-order valence-electron chi connectivity index (χ2n) is 3.78. The number of halogens is 3. The standard InChI is InChI=1S/C14H11BrF2O/c1-18-13-5-3-2-4-12(13)14(16,17)10-6-8-11(15)9-7-10/h2-9H,1H3. The van der Waals surface area contributed by atoms with Gasteiger partial charge in [0.15, 0.2) is 0 Å². The monoisotopic (exact) mass is 312 g/mol. The third-order valence-corrected chi connectivity index (χ3v) is 3.18. The summed E-state index contributed by atoms with van der Waals surface area (Å²) in [5, 5.41) is 0. The molecule has 0 unspecified atom stereocenters. The lowest BCUT2D eigenvalue weighted by Crippen LogP contribution is -2.16. The quantitative estimate of drug-likeness (QED) is 0.805. The molecule has 0 bridgehead atoms. The van der Waals surface area contributed by atoms with Crippen LogP contribution in [0.25, 0.3) is 0 Å². The van der Waals surface area contributed by atoms with Crippen LogP contribution in [0.4, 0.5) is 8.78 Å². The van der Waals surface area contributed by atoms with Gasteiger partial charge in [0, 0.05) is 10.0 Å². The lowest BCUT2D eigenvalue weighted by atomic mass is 9.99. The molecular weight excluding hydrogens is 302 g/mol. The van der Waals surface area contributed by atoms with Gasteiger partial charge in [0.1, 0.15) is 5.75 Å². The van der Waals surface area contributed by atoms with E-state index in [9.17, 15) is 8.78 Å². The molecule has 0 aliphatic heterocycles. The number of alkyl halides is 2. The molecule has 0 saturated heterocycles. The summed E-state index contributed by atoms with van der Waals surface area (Å²) in [4.78, 5) is 0. The predicted octanol–water partition coefficient (Wildman–Crippen LogP) is 4.60. The van der Waals surface area contributed by atoms with Crippen LogP contribution in [0.3, 0.4) is 0 Å². The second-order valence-corrected chi connectivity index (χ2v) is 4.70. The van der Waals surface area contributed by atoms with E-state index in [-0.39, 0.29) is 16.9 Å². The zero-order valence-electron chi connectivity index (χ0n) is 9.66. The highest BCUT2D eigenvalue weighted by Crippen LogP contribution is 2.40. The van der Waals surface area contributed by atoms with E-state index < -0.39 is 5.92 Å². The average Bonchev–Trinajstić information content (AvgIpc) is 2.39. The Bertz CT molecular complexity index is 538. The Labute approximate surface area is 113 Å². The summed E-state index contributed by atoms with van der Waals surface area (Å²) in [5.41, 5.74) is -0.190. The van der Waals surface area contributed by atoms with Crippen molar-refractivity contribution in [3.8, 4) is 5.75 Å². The minimum Gasteiger partial charge on any atom is -0.496 e. The van der Waals surface area contributed by atoms with Crippen molar-refractivity contribution in [1.29, 1.82) is 0 Å². The Hall–Kier alpha value is -1.42. The molecule has 18 heavy (non-hydrogen) atoms. The van der Waals surface area contributed by atoms with Crippen molar-refractivity contribution in [3.63, 3.8) is 0 Å². The molecule has 0 spiro atoms. The van der Waals surface area contributed by atoms with E-state index >= 15 is 0 Å². The van der Waals surface area contributed by atoms with Crippen LogP contribution in [-0.4, -0.2) is 7.11 Å². The van der Waals surface area contributed by atoms with E-state index in [1.165, 1.54) is 31.4 Å². The molecule has 0 N–H and O–H groups in total. The maximum atomic E-state index is 14.4. The van der Waals surface area contributed by atoms with Crippen LogP contribution in [0.1, 0.15) is 11.1 Å². The molecule has 0 aliphatic rings. The summed E-state index contributed by atoms with van der Waals surface area (Å²) >= 11 is 3.23. The smallest absolute Gasteiger partial charge is 0.302 e. The van der Waals surface area contributed by atoms with Gasteiger partial charge in [0.05, 0.1) is 12.7 Å². The van der Waals surface area contributed by atoms with Crippen LogP contribution in [0, 0.1) is 0 Å².